The summed E-state index contributed by atoms with van der Waals surface area (Å²) in [6, 6.07) is 7.14. The summed E-state index contributed by atoms with van der Waals surface area (Å²) in [5, 5.41) is 9.36. The summed E-state index contributed by atoms with van der Waals surface area (Å²) in [7, 11) is 0. The van der Waals surface area contributed by atoms with Crippen molar-refractivity contribution in [3.05, 3.63) is 30.1 Å². The van der Waals surface area contributed by atoms with Gasteiger partial charge in [-0.25, -0.2) is 9.78 Å². The molecule has 0 unspecified atom stereocenters. The first-order valence-electron chi connectivity index (χ1n) is 6.26. The number of rotatable bonds is 4. The second-order valence-corrected chi connectivity index (χ2v) is 4.75. The van der Waals surface area contributed by atoms with E-state index in [4.69, 9.17) is 0 Å². The van der Waals surface area contributed by atoms with Crippen LogP contribution in [0.15, 0.2) is 24.3 Å². The topological polar surface area (TPSA) is 55.1 Å². The normalized spacial score (nSPS) is 13.1. The van der Waals surface area contributed by atoms with Gasteiger partial charge in [0.15, 0.2) is 0 Å². The van der Waals surface area contributed by atoms with E-state index in [1.807, 2.05) is 49.6 Å². The Morgan fingerprint density at radius 2 is 2.06 bits per heavy atom. The van der Waals surface area contributed by atoms with Gasteiger partial charge >= 0.3 is 5.97 Å². The highest BCUT2D eigenvalue weighted by Crippen LogP contribution is 2.27. The van der Waals surface area contributed by atoms with Gasteiger partial charge < -0.3 is 9.67 Å². The smallest absolute Gasteiger partial charge is 0.326 e. The third-order valence-corrected chi connectivity index (χ3v) is 3.12. The summed E-state index contributed by atoms with van der Waals surface area (Å²) < 4.78 is 1.86. The van der Waals surface area contributed by atoms with E-state index in [1.54, 1.807) is 0 Å². The molecule has 0 saturated carbocycles. The van der Waals surface area contributed by atoms with Gasteiger partial charge in [0.1, 0.15) is 11.9 Å². The molecule has 0 aliphatic rings. The van der Waals surface area contributed by atoms with Gasteiger partial charge in [-0.15, -0.1) is 0 Å². The number of carbonyl (C=O) groups is 1. The Bertz CT molecular complexity index is 572. The average Bonchev–Trinajstić information content (AvgIpc) is 2.70. The molecule has 1 aromatic carbocycles. The lowest BCUT2D eigenvalue weighted by Gasteiger charge is -2.17. The predicted octanol–water partition coefficient (Wildman–Crippen LogP) is 3.20. The Morgan fingerprint density at radius 3 is 2.61 bits per heavy atom. The van der Waals surface area contributed by atoms with Crippen molar-refractivity contribution in [2.75, 3.05) is 0 Å². The van der Waals surface area contributed by atoms with Crippen LogP contribution in [-0.4, -0.2) is 20.6 Å². The lowest BCUT2D eigenvalue weighted by Crippen LogP contribution is -2.20. The van der Waals surface area contributed by atoms with Crippen LogP contribution in [0.1, 0.15) is 45.0 Å². The highest BCUT2D eigenvalue weighted by molar-refractivity contribution is 5.80. The number of carboxylic acid groups (broad SMARTS) is 1. The number of hydrogen-bond acceptors (Lipinski definition) is 2. The minimum absolute atomic E-state index is 0.200. The highest BCUT2D eigenvalue weighted by Gasteiger charge is 2.24. The molecule has 0 bridgehead atoms. The molecule has 0 amide bonds. The summed E-state index contributed by atoms with van der Waals surface area (Å²) in [6.07, 6.45) is 0.551. The van der Waals surface area contributed by atoms with E-state index in [0.717, 1.165) is 16.9 Å². The van der Waals surface area contributed by atoms with Gasteiger partial charge in [-0.05, 0) is 18.6 Å². The predicted molar refractivity (Wildman–Crippen MR) is 70.8 cm³/mol. The number of imidazole rings is 1. The molecule has 96 valence electrons. The number of aromatic nitrogens is 2. The van der Waals surface area contributed by atoms with Crippen LogP contribution in [0.25, 0.3) is 11.0 Å². The monoisotopic (exact) mass is 246 g/mol. The molecule has 0 spiro atoms. The number of aliphatic carboxylic acids is 1. The number of benzene rings is 1. The molecule has 0 aliphatic heterocycles. The summed E-state index contributed by atoms with van der Waals surface area (Å²) in [5.74, 6) is 0.235. The molecule has 0 fully saturated rings. The first-order valence-corrected chi connectivity index (χ1v) is 6.26. The molecule has 4 nitrogen and oxygen atoms in total. The first-order chi connectivity index (χ1) is 8.56. The Labute approximate surface area is 106 Å². The second kappa shape index (κ2) is 4.80. The van der Waals surface area contributed by atoms with Gasteiger partial charge in [-0.3, -0.25) is 0 Å². The highest BCUT2D eigenvalue weighted by atomic mass is 16.4. The average molecular weight is 246 g/mol. The van der Waals surface area contributed by atoms with Crippen molar-refractivity contribution in [2.24, 2.45) is 0 Å². The molecule has 1 aromatic heterocycles. The van der Waals surface area contributed by atoms with Gasteiger partial charge in [0.2, 0.25) is 0 Å². The Hall–Kier alpha value is -1.84. The lowest BCUT2D eigenvalue weighted by atomic mass is 10.1. The van der Waals surface area contributed by atoms with Gasteiger partial charge in [0.25, 0.3) is 0 Å². The van der Waals surface area contributed by atoms with Crippen LogP contribution in [0.3, 0.4) is 0 Å². The fourth-order valence-corrected chi connectivity index (χ4v) is 2.27. The Balaban J connectivity index is 2.72. The number of para-hydroxylation sites is 2. The van der Waals surface area contributed by atoms with Crippen molar-refractivity contribution < 1.29 is 9.90 Å². The zero-order chi connectivity index (χ0) is 13.3. The van der Waals surface area contributed by atoms with E-state index < -0.39 is 12.0 Å². The molecule has 0 saturated heterocycles. The molecule has 2 aromatic rings. The fraction of sp³-hybridized carbons (Fsp3) is 0.429. The van der Waals surface area contributed by atoms with Crippen molar-refractivity contribution in [3.63, 3.8) is 0 Å². The van der Waals surface area contributed by atoms with Gasteiger partial charge in [0, 0.05) is 5.92 Å². The maximum Gasteiger partial charge on any atom is 0.326 e. The zero-order valence-corrected chi connectivity index (χ0v) is 10.9. The third-order valence-electron chi connectivity index (χ3n) is 3.12. The molecular weight excluding hydrogens is 228 g/mol. The van der Waals surface area contributed by atoms with Crippen molar-refractivity contribution in [1.29, 1.82) is 0 Å². The van der Waals surface area contributed by atoms with E-state index in [0.29, 0.717) is 6.42 Å². The van der Waals surface area contributed by atoms with Crippen LogP contribution in [-0.2, 0) is 4.79 Å². The van der Waals surface area contributed by atoms with Crippen LogP contribution >= 0.6 is 0 Å². The van der Waals surface area contributed by atoms with Crippen molar-refractivity contribution in [1.82, 2.24) is 9.55 Å². The summed E-state index contributed by atoms with van der Waals surface area (Å²) in [4.78, 5) is 16.0. The number of carboxylic acids is 1. The maximum atomic E-state index is 11.4. The third kappa shape index (κ3) is 1.98. The summed E-state index contributed by atoms with van der Waals surface area (Å²) in [6.45, 7) is 5.95. The molecule has 0 aliphatic carbocycles. The van der Waals surface area contributed by atoms with Crippen LogP contribution in [0.4, 0.5) is 0 Å². The fourth-order valence-electron chi connectivity index (χ4n) is 2.27. The minimum Gasteiger partial charge on any atom is -0.480 e. The number of nitrogens with zero attached hydrogens (tertiary/aromatic N) is 2. The molecule has 1 heterocycles. The van der Waals surface area contributed by atoms with E-state index >= 15 is 0 Å². The largest absolute Gasteiger partial charge is 0.480 e. The molecule has 1 atom stereocenters. The second-order valence-electron chi connectivity index (χ2n) is 4.75. The van der Waals surface area contributed by atoms with Crippen molar-refractivity contribution in [2.45, 2.75) is 39.2 Å². The van der Waals surface area contributed by atoms with E-state index in [2.05, 4.69) is 4.98 Å². The van der Waals surface area contributed by atoms with E-state index in [-0.39, 0.29) is 5.92 Å². The molecule has 2 rings (SSSR count). The van der Waals surface area contributed by atoms with E-state index in [9.17, 15) is 9.90 Å². The van der Waals surface area contributed by atoms with Gasteiger partial charge in [-0.2, -0.15) is 0 Å². The quantitative estimate of drug-likeness (QED) is 0.901. The molecule has 0 radical (unpaired) electrons. The SMILES string of the molecule is CC[C@@H](C(=O)O)n1c(C(C)C)nc2ccccc21. The number of hydrogen-bond donors (Lipinski definition) is 1. The van der Waals surface area contributed by atoms with E-state index in [1.165, 1.54) is 0 Å². The lowest BCUT2D eigenvalue weighted by molar-refractivity contribution is -0.140. The van der Waals surface area contributed by atoms with Crippen molar-refractivity contribution in [3.8, 4) is 0 Å². The number of fused-ring (bicyclic) bond motifs is 1. The van der Waals surface area contributed by atoms with Crippen LogP contribution in [0.2, 0.25) is 0 Å². The maximum absolute atomic E-state index is 11.4. The van der Waals surface area contributed by atoms with Gasteiger partial charge in [-0.1, -0.05) is 32.9 Å². The zero-order valence-electron chi connectivity index (χ0n) is 10.9. The summed E-state index contributed by atoms with van der Waals surface area (Å²) >= 11 is 0. The first kappa shape index (κ1) is 12.6. The van der Waals surface area contributed by atoms with Crippen LogP contribution in [0.5, 0.6) is 0 Å². The van der Waals surface area contributed by atoms with Gasteiger partial charge in [0.05, 0.1) is 11.0 Å². The van der Waals surface area contributed by atoms with Crippen LogP contribution < -0.4 is 0 Å². The molecule has 4 heteroatoms. The Kier molecular flexibility index (Phi) is 3.36. The molecule has 18 heavy (non-hydrogen) atoms. The Morgan fingerprint density at radius 1 is 1.39 bits per heavy atom. The molecule has 1 N–H and O–H groups in total. The standard InChI is InChI=1S/C14H18N2O2/c1-4-11(14(17)18)16-12-8-6-5-7-10(12)15-13(16)9(2)3/h5-9,11H,4H2,1-3H3,(H,17,18)/t11-/m0/s1. The summed E-state index contributed by atoms with van der Waals surface area (Å²) in [5.41, 5.74) is 1.76. The van der Waals surface area contributed by atoms with Crippen molar-refractivity contribution >= 4 is 17.0 Å². The molecular formula is C14H18N2O2. The minimum atomic E-state index is -0.803. The van der Waals surface area contributed by atoms with Crippen LogP contribution in [0, 0.1) is 0 Å².